The summed E-state index contributed by atoms with van der Waals surface area (Å²) in [5.74, 6) is -0.167. The highest BCUT2D eigenvalue weighted by Crippen LogP contribution is 2.30. The van der Waals surface area contributed by atoms with Gasteiger partial charge in [0.2, 0.25) is 0 Å². The van der Waals surface area contributed by atoms with Gasteiger partial charge in [-0.25, -0.2) is 0 Å². The average molecular weight is 461 g/mol. The first-order valence-electron chi connectivity index (χ1n) is 10.6. The summed E-state index contributed by atoms with van der Waals surface area (Å²) >= 11 is 0. The molecule has 0 aliphatic heterocycles. The molecular formula is C26H25ClN4O2. The van der Waals surface area contributed by atoms with Crippen molar-refractivity contribution in [2.75, 3.05) is 5.32 Å². The highest BCUT2D eigenvalue weighted by atomic mass is 35.5. The second-order valence-corrected chi connectivity index (χ2v) is 8.11. The minimum absolute atomic E-state index is 0. The van der Waals surface area contributed by atoms with Gasteiger partial charge < -0.3 is 5.32 Å². The summed E-state index contributed by atoms with van der Waals surface area (Å²) in [6, 6.07) is 19.0. The van der Waals surface area contributed by atoms with Gasteiger partial charge in [-0.1, -0.05) is 24.3 Å². The molecular weight excluding hydrogens is 436 g/mol. The zero-order chi connectivity index (χ0) is 22.5. The number of carbonyl (C=O) groups excluding carboxylic acids is 2. The molecule has 1 saturated carbocycles. The molecule has 1 aromatic heterocycles. The fourth-order valence-corrected chi connectivity index (χ4v) is 3.60. The highest BCUT2D eigenvalue weighted by Gasteiger charge is 2.29. The van der Waals surface area contributed by atoms with Crippen LogP contribution >= 0.6 is 12.4 Å². The molecule has 3 aromatic rings. The van der Waals surface area contributed by atoms with Crippen LogP contribution in [0.2, 0.25) is 0 Å². The predicted molar refractivity (Wildman–Crippen MR) is 129 cm³/mol. The summed E-state index contributed by atoms with van der Waals surface area (Å²) in [6.45, 7) is 3.05. The van der Waals surface area contributed by atoms with Gasteiger partial charge in [-0.3, -0.25) is 19.5 Å². The van der Waals surface area contributed by atoms with E-state index in [1.165, 1.54) is 0 Å². The van der Waals surface area contributed by atoms with Crippen LogP contribution in [0.4, 0.5) is 5.69 Å². The number of pyridine rings is 1. The predicted octanol–water partition coefficient (Wildman–Crippen LogP) is 4.99. The Labute approximate surface area is 199 Å². The van der Waals surface area contributed by atoms with Crippen LogP contribution < -0.4 is 5.32 Å². The number of amides is 1. The average Bonchev–Trinajstić information content (AvgIpc) is 3.65. The van der Waals surface area contributed by atoms with E-state index in [2.05, 4.69) is 21.3 Å². The smallest absolute Gasteiger partial charge is 0.257 e. The van der Waals surface area contributed by atoms with Gasteiger partial charge in [0, 0.05) is 42.8 Å². The van der Waals surface area contributed by atoms with Crippen LogP contribution in [0.15, 0.2) is 67.0 Å². The molecule has 0 spiro atoms. The standard InChI is InChI=1S/C26H24N4O2.ClH/c1-18(31)22-6-2-20(3-7-22)16-30(25-10-11-25)17-21-12-23(15-28-14-21)26(32)29-24-8-4-19(13-27)5-9-24;/h2-9,12,14-15,25H,10-11,16-17H2,1H3,(H,29,32);1H. The zero-order valence-corrected chi connectivity index (χ0v) is 19.1. The third kappa shape index (κ3) is 6.48. The van der Waals surface area contributed by atoms with E-state index < -0.39 is 0 Å². The lowest BCUT2D eigenvalue weighted by molar-refractivity contribution is 0.101. The Hall–Kier alpha value is -3.53. The van der Waals surface area contributed by atoms with Crippen molar-refractivity contribution >= 4 is 29.8 Å². The van der Waals surface area contributed by atoms with Crippen molar-refractivity contribution in [3.05, 3.63) is 94.8 Å². The topological polar surface area (TPSA) is 86.1 Å². The number of aromatic nitrogens is 1. The monoisotopic (exact) mass is 460 g/mol. The largest absolute Gasteiger partial charge is 0.322 e. The van der Waals surface area contributed by atoms with Crippen molar-refractivity contribution in [2.45, 2.75) is 38.9 Å². The Morgan fingerprint density at radius 3 is 2.27 bits per heavy atom. The van der Waals surface area contributed by atoms with Crippen molar-refractivity contribution in [2.24, 2.45) is 0 Å². The van der Waals surface area contributed by atoms with Crippen molar-refractivity contribution in [1.82, 2.24) is 9.88 Å². The van der Waals surface area contributed by atoms with Gasteiger partial charge >= 0.3 is 0 Å². The lowest BCUT2D eigenvalue weighted by atomic mass is 10.1. The molecule has 0 radical (unpaired) electrons. The van der Waals surface area contributed by atoms with Crippen LogP contribution in [0.3, 0.4) is 0 Å². The first kappa shape index (κ1) is 24.1. The SMILES string of the molecule is CC(=O)c1ccc(CN(Cc2cncc(C(=O)Nc3ccc(C#N)cc3)c2)C2CC2)cc1.Cl. The number of anilines is 1. The Morgan fingerprint density at radius 2 is 1.67 bits per heavy atom. The third-order valence-electron chi connectivity index (χ3n) is 5.52. The van der Waals surface area contributed by atoms with Crippen molar-refractivity contribution in [1.29, 1.82) is 5.26 Å². The summed E-state index contributed by atoms with van der Waals surface area (Å²) in [6.07, 6.45) is 5.69. The number of benzene rings is 2. The molecule has 0 atom stereocenters. The molecule has 0 unspecified atom stereocenters. The fraction of sp³-hybridized carbons (Fsp3) is 0.231. The summed E-state index contributed by atoms with van der Waals surface area (Å²) in [7, 11) is 0. The van der Waals surface area contributed by atoms with Crippen LogP contribution in [0.1, 0.15) is 57.2 Å². The van der Waals surface area contributed by atoms with Crippen LogP contribution in [0.5, 0.6) is 0 Å². The molecule has 1 aliphatic carbocycles. The fourth-order valence-electron chi connectivity index (χ4n) is 3.60. The van der Waals surface area contributed by atoms with Crippen LogP contribution in [-0.4, -0.2) is 27.6 Å². The maximum absolute atomic E-state index is 12.7. The van der Waals surface area contributed by atoms with Gasteiger partial charge in [-0.05, 0) is 61.2 Å². The molecule has 7 heteroatoms. The summed E-state index contributed by atoms with van der Waals surface area (Å²) in [4.78, 5) is 30.8. The van der Waals surface area contributed by atoms with Gasteiger partial charge in [0.25, 0.3) is 5.91 Å². The summed E-state index contributed by atoms with van der Waals surface area (Å²) in [5, 5.41) is 11.7. The Morgan fingerprint density at radius 1 is 1.00 bits per heavy atom. The summed E-state index contributed by atoms with van der Waals surface area (Å²) in [5.41, 5.74) is 4.52. The molecule has 1 amide bonds. The van der Waals surface area contributed by atoms with Gasteiger partial charge in [0.05, 0.1) is 17.2 Å². The number of nitrogens with one attached hydrogen (secondary N) is 1. The quantitative estimate of drug-likeness (QED) is 0.478. The summed E-state index contributed by atoms with van der Waals surface area (Å²) < 4.78 is 0. The molecule has 33 heavy (non-hydrogen) atoms. The molecule has 1 fully saturated rings. The number of rotatable bonds is 8. The normalized spacial score (nSPS) is 12.5. The van der Waals surface area contributed by atoms with Gasteiger partial charge in [-0.15, -0.1) is 12.4 Å². The van der Waals surface area contributed by atoms with Crippen LogP contribution in [-0.2, 0) is 13.1 Å². The highest BCUT2D eigenvalue weighted by molar-refractivity contribution is 6.04. The zero-order valence-electron chi connectivity index (χ0n) is 18.3. The number of ketones is 1. The number of hydrogen-bond donors (Lipinski definition) is 1. The maximum atomic E-state index is 12.7. The third-order valence-corrected chi connectivity index (χ3v) is 5.52. The molecule has 6 nitrogen and oxygen atoms in total. The minimum atomic E-state index is -0.234. The van der Waals surface area contributed by atoms with Crippen molar-refractivity contribution in [3.8, 4) is 6.07 Å². The number of Topliss-reactive ketones (excluding diaryl/α,β-unsaturated/α-hetero) is 1. The Bertz CT molecular complexity index is 1170. The van der Waals surface area contributed by atoms with Crippen LogP contribution in [0.25, 0.3) is 0 Å². The van der Waals surface area contributed by atoms with Crippen molar-refractivity contribution < 1.29 is 9.59 Å². The number of hydrogen-bond acceptors (Lipinski definition) is 5. The Kier molecular flexibility index (Phi) is 7.94. The maximum Gasteiger partial charge on any atom is 0.257 e. The first-order valence-corrected chi connectivity index (χ1v) is 10.6. The second kappa shape index (κ2) is 10.9. The van der Waals surface area contributed by atoms with E-state index in [0.29, 0.717) is 29.4 Å². The van der Waals surface area contributed by atoms with Crippen LogP contribution in [0, 0.1) is 11.3 Å². The van der Waals surface area contributed by atoms with E-state index in [1.54, 1.807) is 43.6 Å². The lowest BCUT2D eigenvalue weighted by Crippen LogP contribution is -2.25. The van der Waals surface area contributed by atoms with E-state index in [-0.39, 0.29) is 24.1 Å². The van der Waals surface area contributed by atoms with Gasteiger partial charge in [0.1, 0.15) is 0 Å². The molecule has 168 valence electrons. The number of nitriles is 1. The molecule has 1 N–H and O–H groups in total. The van der Waals surface area contributed by atoms with E-state index in [1.807, 2.05) is 30.3 Å². The first-order chi connectivity index (χ1) is 15.5. The number of nitrogens with zero attached hydrogens (tertiary/aromatic N) is 3. The molecule has 4 rings (SSSR count). The van der Waals surface area contributed by atoms with E-state index in [9.17, 15) is 9.59 Å². The molecule has 2 aromatic carbocycles. The molecule has 1 aliphatic rings. The number of carbonyl (C=O) groups is 2. The Balaban J connectivity index is 0.00000306. The number of halogens is 1. The molecule has 0 saturated heterocycles. The minimum Gasteiger partial charge on any atom is -0.322 e. The molecule has 1 heterocycles. The second-order valence-electron chi connectivity index (χ2n) is 8.11. The van der Waals surface area contributed by atoms with Gasteiger partial charge in [-0.2, -0.15) is 5.26 Å². The van der Waals surface area contributed by atoms with Gasteiger partial charge in [0.15, 0.2) is 5.78 Å². The van der Waals surface area contributed by atoms with Crippen molar-refractivity contribution in [3.63, 3.8) is 0 Å². The van der Waals surface area contributed by atoms with E-state index in [0.717, 1.165) is 36.1 Å². The van der Waals surface area contributed by atoms with E-state index in [4.69, 9.17) is 5.26 Å². The lowest BCUT2D eigenvalue weighted by Gasteiger charge is -2.22. The molecule has 0 bridgehead atoms. The van der Waals surface area contributed by atoms with E-state index >= 15 is 0 Å².